The zero-order valence-electron chi connectivity index (χ0n) is 12.4. The largest absolute Gasteiger partial charge is 0.394 e. The molecule has 0 aromatic rings. The summed E-state index contributed by atoms with van der Waals surface area (Å²) in [6.45, 7) is 10.7. The van der Waals surface area contributed by atoms with Gasteiger partial charge in [-0.2, -0.15) is 0 Å². The van der Waals surface area contributed by atoms with Crippen LogP contribution in [0.2, 0.25) is 12.1 Å². The normalized spacial score (nSPS) is 12.0. The number of unbranched alkanes of at least 4 members (excludes halogenated alkanes) is 4. The van der Waals surface area contributed by atoms with Gasteiger partial charge >= 0.3 is 8.56 Å². The molecule has 104 valence electrons. The summed E-state index contributed by atoms with van der Waals surface area (Å²) >= 11 is 0. The third kappa shape index (κ3) is 7.95. The van der Waals surface area contributed by atoms with Gasteiger partial charge in [0.25, 0.3) is 0 Å². The minimum absolute atomic E-state index is 0.888. The van der Waals surface area contributed by atoms with Crippen molar-refractivity contribution >= 4 is 8.56 Å². The molecule has 17 heavy (non-hydrogen) atoms. The van der Waals surface area contributed by atoms with E-state index in [1.54, 1.807) is 0 Å². The van der Waals surface area contributed by atoms with Gasteiger partial charge in [-0.05, 0) is 24.9 Å². The smallest absolute Gasteiger partial charge is 0.337 e. The fourth-order valence-corrected chi connectivity index (χ4v) is 4.32. The topological polar surface area (TPSA) is 18.5 Å². The Balaban J connectivity index is 3.85. The molecular formula is C14H32O2Si. The van der Waals surface area contributed by atoms with Crippen molar-refractivity contribution in [1.29, 1.82) is 0 Å². The lowest BCUT2D eigenvalue weighted by molar-refractivity contribution is 0.164. The summed E-state index contributed by atoms with van der Waals surface area (Å²) in [5.74, 6) is 0. The van der Waals surface area contributed by atoms with Gasteiger partial charge in [0.1, 0.15) is 0 Å². The van der Waals surface area contributed by atoms with Crippen LogP contribution >= 0.6 is 0 Å². The van der Waals surface area contributed by atoms with Gasteiger partial charge in [0.2, 0.25) is 0 Å². The second kappa shape index (κ2) is 11.2. The first-order chi connectivity index (χ1) is 8.24. The molecule has 2 nitrogen and oxygen atoms in total. The van der Waals surface area contributed by atoms with Gasteiger partial charge in [-0.25, -0.2) is 0 Å². The van der Waals surface area contributed by atoms with Gasteiger partial charge in [0.15, 0.2) is 0 Å². The van der Waals surface area contributed by atoms with Crippen molar-refractivity contribution in [3.63, 3.8) is 0 Å². The lowest BCUT2D eigenvalue weighted by Crippen LogP contribution is -2.41. The molecular weight excluding hydrogens is 228 g/mol. The molecule has 0 aliphatic carbocycles. The summed E-state index contributed by atoms with van der Waals surface area (Å²) in [5, 5.41) is 0. The van der Waals surface area contributed by atoms with Gasteiger partial charge in [0.05, 0.1) is 0 Å². The molecule has 0 aliphatic heterocycles. The van der Waals surface area contributed by atoms with Crippen LogP contribution in [0.25, 0.3) is 0 Å². The van der Waals surface area contributed by atoms with Crippen molar-refractivity contribution < 1.29 is 8.85 Å². The standard InChI is InChI=1S/C14H32O2Si/c1-5-9-11-12-14-16-17(7-3,8-4)15-13-10-6-2/h5-14H2,1-4H3. The molecule has 0 fully saturated rings. The van der Waals surface area contributed by atoms with Crippen LogP contribution in [0, 0.1) is 0 Å². The average Bonchev–Trinajstić information content (AvgIpc) is 2.37. The first-order valence-electron chi connectivity index (χ1n) is 7.52. The molecule has 0 heterocycles. The first-order valence-corrected chi connectivity index (χ1v) is 9.75. The average molecular weight is 260 g/mol. The molecule has 0 amide bonds. The maximum absolute atomic E-state index is 6.14. The van der Waals surface area contributed by atoms with Crippen molar-refractivity contribution in [3.05, 3.63) is 0 Å². The van der Waals surface area contributed by atoms with Crippen molar-refractivity contribution in [3.8, 4) is 0 Å². The van der Waals surface area contributed by atoms with Crippen LogP contribution in [0.4, 0.5) is 0 Å². The highest BCUT2D eigenvalue weighted by atomic mass is 28.4. The molecule has 0 aromatic heterocycles. The van der Waals surface area contributed by atoms with E-state index < -0.39 is 8.56 Å². The van der Waals surface area contributed by atoms with Crippen LogP contribution < -0.4 is 0 Å². The summed E-state index contributed by atoms with van der Waals surface area (Å²) in [6.07, 6.45) is 7.47. The SMILES string of the molecule is CCCCCCO[Si](CC)(CC)OCCCC. The Kier molecular flexibility index (Phi) is 11.3. The molecule has 0 unspecified atom stereocenters. The minimum Gasteiger partial charge on any atom is -0.394 e. The summed E-state index contributed by atoms with van der Waals surface area (Å²) < 4.78 is 12.2. The molecule has 0 aliphatic rings. The maximum Gasteiger partial charge on any atom is 0.337 e. The van der Waals surface area contributed by atoms with Crippen LogP contribution in [0.15, 0.2) is 0 Å². The fourth-order valence-electron chi connectivity index (χ4n) is 1.89. The van der Waals surface area contributed by atoms with E-state index in [0.717, 1.165) is 31.7 Å². The Bertz CT molecular complexity index is 158. The van der Waals surface area contributed by atoms with E-state index in [0.29, 0.717) is 0 Å². The second-order valence-electron chi connectivity index (χ2n) is 4.73. The van der Waals surface area contributed by atoms with Crippen LogP contribution in [-0.4, -0.2) is 21.8 Å². The molecule has 0 N–H and O–H groups in total. The number of hydrogen-bond acceptors (Lipinski definition) is 2. The monoisotopic (exact) mass is 260 g/mol. The van der Waals surface area contributed by atoms with E-state index in [-0.39, 0.29) is 0 Å². The highest BCUT2D eigenvalue weighted by molar-refractivity contribution is 6.67. The second-order valence-corrected chi connectivity index (χ2v) is 8.54. The maximum atomic E-state index is 6.14. The van der Waals surface area contributed by atoms with Crippen LogP contribution in [0.5, 0.6) is 0 Å². The van der Waals surface area contributed by atoms with E-state index in [9.17, 15) is 0 Å². The lowest BCUT2D eigenvalue weighted by Gasteiger charge is -2.28. The highest BCUT2D eigenvalue weighted by Crippen LogP contribution is 2.19. The molecule has 0 aromatic carbocycles. The van der Waals surface area contributed by atoms with Gasteiger partial charge in [-0.15, -0.1) is 0 Å². The predicted octanol–water partition coefficient (Wildman–Crippen LogP) is 4.88. The Morgan fingerprint density at radius 3 is 1.65 bits per heavy atom. The molecule has 0 atom stereocenters. The molecule has 3 heteroatoms. The van der Waals surface area contributed by atoms with Crippen molar-refractivity contribution in [2.24, 2.45) is 0 Å². The van der Waals surface area contributed by atoms with Crippen molar-refractivity contribution in [2.45, 2.75) is 78.3 Å². The van der Waals surface area contributed by atoms with E-state index in [2.05, 4.69) is 27.7 Å². The van der Waals surface area contributed by atoms with Gasteiger partial charge in [-0.3, -0.25) is 0 Å². The minimum atomic E-state index is -1.84. The Labute approximate surface area is 109 Å². The third-order valence-corrected chi connectivity index (χ3v) is 6.92. The van der Waals surface area contributed by atoms with E-state index >= 15 is 0 Å². The summed E-state index contributed by atoms with van der Waals surface area (Å²) in [5.41, 5.74) is 0. The molecule has 0 saturated carbocycles. The zero-order valence-corrected chi connectivity index (χ0v) is 13.4. The lowest BCUT2D eigenvalue weighted by atomic mass is 10.2. The quantitative estimate of drug-likeness (QED) is 0.368. The van der Waals surface area contributed by atoms with Crippen molar-refractivity contribution in [1.82, 2.24) is 0 Å². The number of rotatable bonds is 12. The molecule has 0 rings (SSSR count). The van der Waals surface area contributed by atoms with E-state index in [4.69, 9.17) is 8.85 Å². The third-order valence-electron chi connectivity index (χ3n) is 3.30. The Morgan fingerprint density at radius 2 is 1.18 bits per heavy atom. The first kappa shape index (κ1) is 17.1. The molecule has 0 bridgehead atoms. The predicted molar refractivity (Wildman–Crippen MR) is 77.7 cm³/mol. The zero-order chi connectivity index (χ0) is 13.0. The van der Waals surface area contributed by atoms with Crippen LogP contribution in [-0.2, 0) is 8.85 Å². The summed E-state index contributed by atoms with van der Waals surface area (Å²) in [4.78, 5) is 0. The van der Waals surface area contributed by atoms with Gasteiger partial charge in [-0.1, -0.05) is 53.4 Å². The fraction of sp³-hybridized carbons (Fsp3) is 1.00. The summed E-state index contributed by atoms with van der Waals surface area (Å²) in [7, 11) is -1.84. The number of hydrogen-bond donors (Lipinski definition) is 0. The van der Waals surface area contributed by atoms with Crippen LogP contribution in [0.3, 0.4) is 0 Å². The Morgan fingerprint density at radius 1 is 0.647 bits per heavy atom. The van der Waals surface area contributed by atoms with Gasteiger partial charge in [0, 0.05) is 13.2 Å². The van der Waals surface area contributed by atoms with E-state index in [1.165, 1.54) is 32.1 Å². The van der Waals surface area contributed by atoms with E-state index in [1.807, 2.05) is 0 Å². The van der Waals surface area contributed by atoms with Crippen LogP contribution in [0.1, 0.15) is 66.2 Å². The highest BCUT2D eigenvalue weighted by Gasteiger charge is 2.33. The molecule has 0 saturated heterocycles. The molecule has 0 spiro atoms. The Hall–Kier alpha value is 0.137. The van der Waals surface area contributed by atoms with Crippen molar-refractivity contribution in [2.75, 3.05) is 13.2 Å². The molecule has 0 radical (unpaired) electrons. The summed E-state index contributed by atoms with van der Waals surface area (Å²) in [6, 6.07) is 2.17. The van der Waals surface area contributed by atoms with Gasteiger partial charge < -0.3 is 8.85 Å².